The van der Waals surface area contributed by atoms with Crippen molar-refractivity contribution in [3.05, 3.63) is 40.0 Å². The molecule has 0 saturated heterocycles. The van der Waals surface area contributed by atoms with Crippen molar-refractivity contribution < 1.29 is 9.90 Å². The number of carbonyl (C=O) groups excluding carboxylic acids is 1. The molecule has 0 radical (unpaired) electrons. The number of hydrogen-bond acceptors (Lipinski definition) is 6. The van der Waals surface area contributed by atoms with E-state index in [9.17, 15) is 9.90 Å². The number of nitrogens with zero attached hydrogens (tertiary/aromatic N) is 2. The van der Waals surface area contributed by atoms with Crippen molar-refractivity contribution in [3.63, 3.8) is 0 Å². The van der Waals surface area contributed by atoms with Gasteiger partial charge in [-0.1, -0.05) is 12.1 Å². The Morgan fingerprint density at radius 3 is 2.85 bits per heavy atom. The van der Waals surface area contributed by atoms with E-state index < -0.39 is 0 Å². The third-order valence-corrected chi connectivity index (χ3v) is 5.42. The first-order valence-corrected chi connectivity index (χ1v) is 9.53. The van der Waals surface area contributed by atoms with E-state index >= 15 is 0 Å². The molecule has 7 nitrogen and oxygen atoms in total. The van der Waals surface area contributed by atoms with E-state index in [1.165, 1.54) is 0 Å². The lowest BCUT2D eigenvalue weighted by molar-refractivity contribution is 0.0966. The number of amides is 1. The second-order valence-corrected chi connectivity index (χ2v) is 7.54. The SMILES string of the molecule is O=C1NCc2cccc(Nc3nc(NC4CCC(O)CC4)ncc3Br)c21. The molecule has 2 heterocycles. The Balaban J connectivity index is 1.54. The van der Waals surface area contributed by atoms with E-state index in [2.05, 4.69) is 41.8 Å². The number of aromatic nitrogens is 2. The normalized spacial score (nSPS) is 21.8. The second kappa shape index (κ2) is 7.20. The molecule has 2 aromatic rings. The lowest BCUT2D eigenvalue weighted by Gasteiger charge is -2.26. The van der Waals surface area contributed by atoms with Gasteiger partial charge < -0.3 is 21.1 Å². The van der Waals surface area contributed by atoms with Crippen LogP contribution in [0, 0.1) is 0 Å². The zero-order valence-electron chi connectivity index (χ0n) is 14.1. The number of fused-ring (bicyclic) bond motifs is 1. The average Bonchev–Trinajstić information content (AvgIpc) is 3.02. The maximum atomic E-state index is 12.1. The van der Waals surface area contributed by atoms with Gasteiger partial charge in [-0.2, -0.15) is 4.98 Å². The number of aliphatic hydroxyl groups excluding tert-OH is 1. The summed E-state index contributed by atoms with van der Waals surface area (Å²) in [7, 11) is 0. The first-order valence-electron chi connectivity index (χ1n) is 8.74. The summed E-state index contributed by atoms with van der Waals surface area (Å²) in [6.07, 6.45) is 4.89. The van der Waals surface area contributed by atoms with Gasteiger partial charge in [-0.05, 0) is 53.2 Å². The van der Waals surface area contributed by atoms with Crippen LogP contribution in [0.15, 0.2) is 28.9 Å². The van der Waals surface area contributed by atoms with Crippen molar-refractivity contribution in [2.24, 2.45) is 0 Å². The molecule has 1 fully saturated rings. The van der Waals surface area contributed by atoms with E-state index in [4.69, 9.17) is 0 Å². The van der Waals surface area contributed by atoms with Gasteiger partial charge in [-0.3, -0.25) is 4.79 Å². The van der Waals surface area contributed by atoms with Gasteiger partial charge in [-0.25, -0.2) is 4.98 Å². The third kappa shape index (κ3) is 3.52. The van der Waals surface area contributed by atoms with Gasteiger partial charge in [0, 0.05) is 18.8 Å². The van der Waals surface area contributed by atoms with Crippen molar-refractivity contribution in [3.8, 4) is 0 Å². The van der Waals surface area contributed by atoms with E-state index in [1.807, 2.05) is 18.2 Å². The number of rotatable bonds is 4. The highest BCUT2D eigenvalue weighted by Crippen LogP contribution is 2.30. The minimum absolute atomic E-state index is 0.0765. The Labute approximate surface area is 159 Å². The van der Waals surface area contributed by atoms with Gasteiger partial charge in [0.1, 0.15) is 5.82 Å². The predicted molar refractivity (Wildman–Crippen MR) is 103 cm³/mol. The third-order valence-electron chi connectivity index (χ3n) is 4.84. The monoisotopic (exact) mass is 417 g/mol. The summed E-state index contributed by atoms with van der Waals surface area (Å²) in [5, 5.41) is 19.1. The molecule has 1 aromatic carbocycles. The molecule has 0 atom stereocenters. The second-order valence-electron chi connectivity index (χ2n) is 6.69. The van der Waals surface area contributed by atoms with Gasteiger partial charge in [0.05, 0.1) is 21.8 Å². The topological polar surface area (TPSA) is 99.2 Å². The van der Waals surface area contributed by atoms with Gasteiger partial charge in [0.25, 0.3) is 5.91 Å². The van der Waals surface area contributed by atoms with Crippen LogP contribution in [0.2, 0.25) is 0 Å². The molecule has 1 aliphatic carbocycles. The Hall–Kier alpha value is -2.19. The highest BCUT2D eigenvalue weighted by molar-refractivity contribution is 9.10. The van der Waals surface area contributed by atoms with E-state index in [0.29, 0.717) is 23.9 Å². The van der Waals surface area contributed by atoms with Crippen LogP contribution in [0.5, 0.6) is 0 Å². The fourth-order valence-electron chi connectivity index (χ4n) is 3.44. The summed E-state index contributed by atoms with van der Waals surface area (Å²) < 4.78 is 0.720. The molecule has 136 valence electrons. The van der Waals surface area contributed by atoms with Gasteiger partial charge in [0.2, 0.25) is 5.95 Å². The zero-order chi connectivity index (χ0) is 18.1. The Bertz CT molecular complexity index is 836. The smallest absolute Gasteiger partial charge is 0.254 e. The summed E-state index contributed by atoms with van der Waals surface area (Å²) in [4.78, 5) is 21.0. The zero-order valence-corrected chi connectivity index (χ0v) is 15.7. The average molecular weight is 418 g/mol. The van der Waals surface area contributed by atoms with Crippen LogP contribution < -0.4 is 16.0 Å². The van der Waals surface area contributed by atoms with Crippen molar-refractivity contribution >= 4 is 39.3 Å². The summed E-state index contributed by atoms with van der Waals surface area (Å²) in [6.45, 7) is 0.551. The van der Waals surface area contributed by atoms with E-state index in [0.717, 1.165) is 41.4 Å². The first-order chi connectivity index (χ1) is 12.6. The standard InChI is InChI=1S/C18H20BrN5O2/c19-13-9-21-18(22-11-4-6-12(25)7-5-11)24-16(13)23-14-3-1-2-10-8-20-17(26)15(10)14/h1-3,9,11-12,25H,4-8H2,(H,20,26)(H2,21,22,23,24). The summed E-state index contributed by atoms with van der Waals surface area (Å²) in [5.41, 5.74) is 2.36. The number of carbonyl (C=O) groups is 1. The lowest BCUT2D eigenvalue weighted by atomic mass is 9.93. The van der Waals surface area contributed by atoms with E-state index in [-0.39, 0.29) is 18.1 Å². The van der Waals surface area contributed by atoms with Crippen molar-refractivity contribution in [1.82, 2.24) is 15.3 Å². The molecular weight excluding hydrogens is 398 g/mol. The van der Waals surface area contributed by atoms with Crippen LogP contribution in [0.1, 0.15) is 41.6 Å². The fraction of sp³-hybridized carbons (Fsp3) is 0.389. The minimum atomic E-state index is -0.192. The number of benzene rings is 1. The van der Waals surface area contributed by atoms with Crippen LogP contribution >= 0.6 is 15.9 Å². The van der Waals surface area contributed by atoms with Crippen molar-refractivity contribution in [2.75, 3.05) is 10.6 Å². The molecule has 0 spiro atoms. The van der Waals surface area contributed by atoms with Gasteiger partial charge in [-0.15, -0.1) is 0 Å². The minimum Gasteiger partial charge on any atom is -0.393 e. The highest BCUT2D eigenvalue weighted by atomic mass is 79.9. The van der Waals surface area contributed by atoms with Crippen LogP contribution in [0.3, 0.4) is 0 Å². The first kappa shape index (κ1) is 17.2. The quantitative estimate of drug-likeness (QED) is 0.610. The number of hydrogen-bond donors (Lipinski definition) is 4. The highest BCUT2D eigenvalue weighted by Gasteiger charge is 2.23. The molecule has 1 amide bonds. The van der Waals surface area contributed by atoms with Crippen molar-refractivity contribution in [1.29, 1.82) is 0 Å². The Kier molecular flexibility index (Phi) is 4.78. The lowest BCUT2D eigenvalue weighted by Crippen LogP contribution is -2.29. The van der Waals surface area contributed by atoms with Crippen LogP contribution in [0.4, 0.5) is 17.5 Å². The molecular formula is C18H20BrN5O2. The molecule has 1 aromatic heterocycles. The van der Waals surface area contributed by atoms with Crippen LogP contribution in [-0.4, -0.2) is 33.1 Å². The van der Waals surface area contributed by atoms with Gasteiger partial charge in [0.15, 0.2) is 0 Å². The molecule has 0 bridgehead atoms. The molecule has 0 unspecified atom stereocenters. The molecule has 4 rings (SSSR count). The van der Waals surface area contributed by atoms with Crippen LogP contribution in [-0.2, 0) is 6.54 Å². The van der Waals surface area contributed by atoms with Gasteiger partial charge >= 0.3 is 0 Å². The molecule has 8 heteroatoms. The molecule has 26 heavy (non-hydrogen) atoms. The molecule has 4 N–H and O–H groups in total. The molecule has 1 aliphatic heterocycles. The maximum Gasteiger partial charge on any atom is 0.254 e. The fourth-order valence-corrected chi connectivity index (χ4v) is 3.73. The summed E-state index contributed by atoms with van der Waals surface area (Å²) >= 11 is 3.47. The largest absolute Gasteiger partial charge is 0.393 e. The van der Waals surface area contributed by atoms with Crippen molar-refractivity contribution in [2.45, 2.75) is 44.4 Å². The number of anilines is 3. The number of aliphatic hydroxyl groups is 1. The molecule has 1 saturated carbocycles. The maximum absolute atomic E-state index is 12.1. The van der Waals surface area contributed by atoms with Crippen LogP contribution in [0.25, 0.3) is 0 Å². The number of halogens is 1. The summed E-state index contributed by atoms with van der Waals surface area (Å²) in [6, 6.07) is 5.99. The number of nitrogens with one attached hydrogen (secondary N) is 3. The summed E-state index contributed by atoms with van der Waals surface area (Å²) in [5.74, 6) is 1.06. The Morgan fingerprint density at radius 2 is 2.04 bits per heavy atom. The van der Waals surface area contributed by atoms with E-state index in [1.54, 1.807) is 6.20 Å². The Morgan fingerprint density at radius 1 is 1.23 bits per heavy atom. The molecule has 2 aliphatic rings. The predicted octanol–water partition coefficient (Wildman–Crippen LogP) is 2.94.